The topological polar surface area (TPSA) is 122 Å². The maximum absolute atomic E-state index is 13.0. The first-order valence-corrected chi connectivity index (χ1v) is 27.5. The molecule has 0 N–H and O–H groups in total. The Morgan fingerprint density at radius 3 is 0.893 bits per heavy atom. The Kier molecular flexibility index (Phi) is 25.4. The maximum atomic E-state index is 13.0. The number of carbonyl (C=O) groups excluding carboxylic acids is 3. The molecule has 0 aliphatic heterocycles. The van der Waals surface area contributed by atoms with Gasteiger partial charge in [0.15, 0.2) is 0 Å². The highest BCUT2D eigenvalue weighted by molar-refractivity contribution is 5.93. The van der Waals surface area contributed by atoms with Gasteiger partial charge in [0.2, 0.25) is 0 Å². The predicted molar refractivity (Wildman–Crippen MR) is 303 cm³/mol. The minimum atomic E-state index is -0.490. The smallest absolute Gasteiger partial charge is 0.343 e. The number of hydrogen-bond donors (Lipinski definition) is 0. The molecular formula is C65H76N2O8. The van der Waals surface area contributed by atoms with Gasteiger partial charge in [-0.3, -0.25) is 9.98 Å². The Bertz CT molecular complexity index is 2630. The lowest BCUT2D eigenvalue weighted by Gasteiger charge is -2.08. The van der Waals surface area contributed by atoms with Crippen LogP contribution in [-0.4, -0.2) is 43.6 Å². The molecule has 0 saturated carbocycles. The summed E-state index contributed by atoms with van der Waals surface area (Å²) in [5.41, 5.74) is 4.22. The van der Waals surface area contributed by atoms with Crippen LogP contribution in [0.1, 0.15) is 184 Å². The van der Waals surface area contributed by atoms with Crippen molar-refractivity contribution in [3.8, 4) is 28.7 Å². The minimum absolute atomic E-state index is 0.391. The summed E-state index contributed by atoms with van der Waals surface area (Å²) in [5, 5.41) is 0. The summed E-state index contributed by atoms with van der Waals surface area (Å²) in [5.74, 6) is 1.31. The van der Waals surface area contributed by atoms with E-state index >= 15 is 0 Å². The molecule has 10 heteroatoms. The average molecular weight is 1010 g/mol. The van der Waals surface area contributed by atoms with Crippen LogP contribution in [0.5, 0.6) is 28.7 Å². The van der Waals surface area contributed by atoms with Crippen LogP contribution in [0.3, 0.4) is 0 Å². The van der Waals surface area contributed by atoms with E-state index in [-0.39, 0.29) is 0 Å². The zero-order valence-electron chi connectivity index (χ0n) is 44.2. The highest BCUT2D eigenvalue weighted by Gasteiger charge is 2.12. The first-order valence-electron chi connectivity index (χ1n) is 27.5. The van der Waals surface area contributed by atoms with Crippen molar-refractivity contribution in [3.63, 3.8) is 0 Å². The van der Waals surface area contributed by atoms with Gasteiger partial charge in [-0.2, -0.15) is 0 Å². The third-order valence-corrected chi connectivity index (χ3v) is 12.8. The second kappa shape index (κ2) is 33.5. The number of unbranched alkanes of at least 4 members (excludes halogenated alkanes) is 18. The van der Waals surface area contributed by atoms with E-state index in [0.29, 0.717) is 58.5 Å². The van der Waals surface area contributed by atoms with Gasteiger partial charge in [0.25, 0.3) is 0 Å². The monoisotopic (exact) mass is 1010 g/mol. The van der Waals surface area contributed by atoms with E-state index in [4.69, 9.17) is 23.7 Å². The van der Waals surface area contributed by atoms with E-state index in [0.717, 1.165) is 35.5 Å². The maximum Gasteiger partial charge on any atom is 0.343 e. The third-order valence-electron chi connectivity index (χ3n) is 12.8. The molecule has 0 amide bonds. The van der Waals surface area contributed by atoms with Gasteiger partial charge in [-0.1, -0.05) is 142 Å². The van der Waals surface area contributed by atoms with Crippen LogP contribution in [-0.2, 0) is 0 Å². The van der Waals surface area contributed by atoms with Crippen LogP contribution < -0.4 is 23.7 Å². The number of carbonyl (C=O) groups is 3. The van der Waals surface area contributed by atoms with E-state index in [9.17, 15) is 14.4 Å². The summed E-state index contributed by atoms with van der Waals surface area (Å²) >= 11 is 0. The van der Waals surface area contributed by atoms with Crippen molar-refractivity contribution < 1.29 is 38.1 Å². The van der Waals surface area contributed by atoms with Crippen LogP contribution in [0.25, 0.3) is 0 Å². The predicted octanol–water partition coefficient (Wildman–Crippen LogP) is 17.4. The molecule has 394 valence electrons. The molecule has 0 atom stereocenters. The zero-order valence-corrected chi connectivity index (χ0v) is 44.2. The number of rotatable bonds is 34. The molecule has 0 fully saturated rings. The van der Waals surface area contributed by atoms with Gasteiger partial charge in [-0.15, -0.1) is 0 Å². The highest BCUT2D eigenvalue weighted by Crippen LogP contribution is 2.24. The van der Waals surface area contributed by atoms with Crippen LogP contribution in [0.4, 0.5) is 11.4 Å². The van der Waals surface area contributed by atoms with E-state index in [1.165, 1.54) is 116 Å². The summed E-state index contributed by atoms with van der Waals surface area (Å²) < 4.78 is 28.6. The van der Waals surface area contributed by atoms with Crippen molar-refractivity contribution in [1.29, 1.82) is 0 Å². The molecule has 0 bridgehead atoms. The molecule has 0 aliphatic rings. The standard InChI is InChI=1S/C65H76N2O8/c1-3-5-7-9-11-13-15-17-19-21-47-71-58-39-29-54(30-40-58)64(69)74-61-43-33-56(34-44-61)66-49-51-23-27-53(28-24-51)63(68)73-60-37-25-52(26-38-60)50-67-57-35-45-62(46-36-57)75-65(70)55-31-41-59(42-32-55)72-48-22-20-18-16-14-12-10-8-6-4-2/h23-46,49-50H,3-22,47-48H2,1-2H3. The number of ether oxygens (including phenoxy) is 5. The molecule has 6 aromatic carbocycles. The van der Waals surface area contributed by atoms with Crippen LogP contribution in [0.15, 0.2) is 156 Å². The highest BCUT2D eigenvalue weighted by atomic mass is 16.5. The summed E-state index contributed by atoms with van der Waals surface area (Å²) in [6, 6.07) is 41.9. The molecule has 0 heterocycles. The van der Waals surface area contributed by atoms with Gasteiger partial charge in [0, 0.05) is 12.4 Å². The largest absolute Gasteiger partial charge is 0.494 e. The van der Waals surface area contributed by atoms with Crippen molar-refractivity contribution in [1.82, 2.24) is 0 Å². The summed E-state index contributed by atoms with van der Waals surface area (Å²) in [6.45, 7) is 5.84. The van der Waals surface area contributed by atoms with Crippen molar-refractivity contribution in [2.75, 3.05) is 13.2 Å². The Balaban J connectivity index is 0.843. The molecule has 0 aromatic heterocycles. The van der Waals surface area contributed by atoms with Gasteiger partial charge in [0.1, 0.15) is 28.7 Å². The Hall–Kier alpha value is -7.33. The SMILES string of the molecule is CCCCCCCCCCCCOc1ccc(C(=O)Oc2ccc(N=Cc3ccc(OC(=O)c4ccc(C=Nc5ccc(OC(=O)c6ccc(OCCCCCCCCCCCC)cc6)cc5)cc4)cc3)cc2)cc1. The fraction of sp³-hybridized carbons (Fsp3) is 0.369. The number of nitrogens with zero attached hydrogens (tertiary/aromatic N) is 2. The third kappa shape index (κ3) is 22.0. The fourth-order valence-electron chi connectivity index (χ4n) is 8.26. The van der Waals surface area contributed by atoms with Crippen LogP contribution >= 0.6 is 0 Å². The lowest BCUT2D eigenvalue weighted by atomic mass is 10.1. The van der Waals surface area contributed by atoms with Crippen molar-refractivity contribution in [3.05, 3.63) is 173 Å². The summed E-state index contributed by atoms with van der Waals surface area (Å²) in [6.07, 6.45) is 29.0. The van der Waals surface area contributed by atoms with E-state index < -0.39 is 17.9 Å². The van der Waals surface area contributed by atoms with E-state index in [1.807, 2.05) is 0 Å². The number of aliphatic imine (C=N–C) groups is 2. The van der Waals surface area contributed by atoms with Crippen LogP contribution in [0, 0.1) is 0 Å². The quantitative estimate of drug-likeness (QED) is 0.0169. The molecule has 10 nitrogen and oxygen atoms in total. The molecule has 75 heavy (non-hydrogen) atoms. The Morgan fingerprint density at radius 1 is 0.320 bits per heavy atom. The van der Waals surface area contributed by atoms with Gasteiger partial charge in [0.05, 0.1) is 41.3 Å². The molecule has 0 radical (unpaired) electrons. The molecule has 0 saturated heterocycles. The van der Waals surface area contributed by atoms with Crippen LogP contribution in [0.2, 0.25) is 0 Å². The molecule has 6 aromatic rings. The number of benzene rings is 6. The first-order chi connectivity index (χ1) is 36.8. The van der Waals surface area contributed by atoms with Gasteiger partial charge < -0.3 is 23.7 Å². The zero-order chi connectivity index (χ0) is 52.6. The number of hydrogen-bond acceptors (Lipinski definition) is 10. The lowest BCUT2D eigenvalue weighted by molar-refractivity contribution is 0.0725. The van der Waals surface area contributed by atoms with Crippen molar-refractivity contribution in [2.45, 2.75) is 142 Å². The first kappa shape index (κ1) is 57.0. The summed E-state index contributed by atoms with van der Waals surface area (Å²) in [4.78, 5) is 47.6. The molecule has 0 spiro atoms. The average Bonchev–Trinajstić information content (AvgIpc) is 3.44. The second-order valence-corrected chi connectivity index (χ2v) is 19.0. The molecule has 0 unspecified atom stereocenters. The molecule has 0 aliphatic carbocycles. The molecular weight excluding hydrogens is 937 g/mol. The number of esters is 3. The minimum Gasteiger partial charge on any atom is -0.494 e. The lowest BCUT2D eigenvalue weighted by Crippen LogP contribution is -2.08. The Labute approximate surface area is 445 Å². The Morgan fingerprint density at radius 2 is 0.573 bits per heavy atom. The van der Waals surface area contributed by atoms with E-state index in [1.54, 1.807) is 158 Å². The fourth-order valence-corrected chi connectivity index (χ4v) is 8.26. The van der Waals surface area contributed by atoms with Crippen molar-refractivity contribution >= 4 is 41.7 Å². The van der Waals surface area contributed by atoms with Gasteiger partial charge in [-0.25, -0.2) is 14.4 Å². The summed E-state index contributed by atoms with van der Waals surface area (Å²) in [7, 11) is 0. The van der Waals surface area contributed by atoms with Crippen molar-refractivity contribution in [2.24, 2.45) is 9.98 Å². The normalized spacial score (nSPS) is 11.2. The van der Waals surface area contributed by atoms with Gasteiger partial charge >= 0.3 is 17.9 Å². The van der Waals surface area contributed by atoms with Gasteiger partial charge in [-0.05, 0) is 157 Å². The van der Waals surface area contributed by atoms with E-state index in [2.05, 4.69) is 23.8 Å². The second-order valence-electron chi connectivity index (χ2n) is 19.0. The molecule has 6 rings (SSSR count).